The van der Waals surface area contributed by atoms with Crippen molar-refractivity contribution in [3.63, 3.8) is 0 Å². The SMILES string of the molecule is COc1cccc(C(=O)Nc2ccc(Cl)cc2Cl)c1. The van der Waals surface area contributed by atoms with Gasteiger partial charge in [-0.25, -0.2) is 0 Å². The van der Waals surface area contributed by atoms with E-state index in [1.54, 1.807) is 49.6 Å². The molecule has 2 aromatic carbocycles. The summed E-state index contributed by atoms with van der Waals surface area (Å²) >= 11 is 11.8. The minimum absolute atomic E-state index is 0.261. The summed E-state index contributed by atoms with van der Waals surface area (Å²) in [6.45, 7) is 0. The first-order valence-corrected chi connectivity index (χ1v) is 6.26. The Hall–Kier alpha value is -1.71. The first kappa shape index (κ1) is 13.7. The Balaban J connectivity index is 2.20. The molecule has 1 N–H and O–H groups in total. The van der Waals surface area contributed by atoms with Crippen LogP contribution in [0.15, 0.2) is 42.5 Å². The van der Waals surface area contributed by atoms with Gasteiger partial charge in [0.1, 0.15) is 5.75 Å². The molecule has 5 heteroatoms. The van der Waals surface area contributed by atoms with Gasteiger partial charge < -0.3 is 10.1 Å². The number of carbonyl (C=O) groups is 1. The van der Waals surface area contributed by atoms with Crippen LogP contribution >= 0.6 is 23.2 Å². The third-order valence-electron chi connectivity index (χ3n) is 2.51. The Bertz CT molecular complexity index is 614. The second-order valence-corrected chi connectivity index (χ2v) is 4.65. The summed E-state index contributed by atoms with van der Waals surface area (Å²) in [4.78, 5) is 12.1. The predicted molar refractivity (Wildman–Crippen MR) is 77.4 cm³/mol. The van der Waals surface area contributed by atoms with Crippen LogP contribution in [0.2, 0.25) is 10.0 Å². The summed E-state index contributed by atoms with van der Waals surface area (Å²) in [6.07, 6.45) is 0. The molecule has 0 aliphatic heterocycles. The summed E-state index contributed by atoms with van der Waals surface area (Å²) < 4.78 is 5.07. The molecule has 3 nitrogen and oxygen atoms in total. The van der Waals surface area contributed by atoms with Crippen LogP contribution in [0.4, 0.5) is 5.69 Å². The van der Waals surface area contributed by atoms with E-state index in [0.29, 0.717) is 27.0 Å². The van der Waals surface area contributed by atoms with Crippen molar-refractivity contribution in [1.29, 1.82) is 0 Å². The van der Waals surface area contributed by atoms with Crippen molar-refractivity contribution in [2.75, 3.05) is 12.4 Å². The van der Waals surface area contributed by atoms with E-state index in [-0.39, 0.29) is 5.91 Å². The van der Waals surface area contributed by atoms with E-state index in [9.17, 15) is 4.79 Å². The molecule has 0 unspecified atom stereocenters. The quantitative estimate of drug-likeness (QED) is 0.919. The second kappa shape index (κ2) is 5.95. The minimum atomic E-state index is -0.261. The van der Waals surface area contributed by atoms with Crippen LogP contribution in [-0.2, 0) is 0 Å². The van der Waals surface area contributed by atoms with E-state index < -0.39 is 0 Å². The van der Waals surface area contributed by atoms with E-state index in [1.807, 2.05) is 0 Å². The number of anilines is 1. The molecular weight excluding hydrogens is 285 g/mol. The molecule has 2 aromatic rings. The van der Waals surface area contributed by atoms with E-state index in [4.69, 9.17) is 27.9 Å². The van der Waals surface area contributed by atoms with Crippen molar-refractivity contribution in [3.8, 4) is 5.75 Å². The molecule has 1 amide bonds. The molecule has 0 saturated heterocycles. The second-order valence-electron chi connectivity index (χ2n) is 3.81. The monoisotopic (exact) mass is 295 g/mol. The van der Waals surface area contributed by atoms with Crippen molar-refractivity contribution >= 4 is 34.8 Å². The van der Waals surface area contributed by atoms with Crippen LogP contribution in [0, 0.1) is 0 Å². The lowest BCUT2D eigenvalue weighted by Gasteiger charge is -2.08. The molecule has 0 aliphatic carbocycles. The Labute approximate surface area is 121 Å². The van der Waals surface area contributed by atoms with Gasteiger partial charge >= 0.3 is 0 Å². The van der Waals surface area contributed by atoms with Crippen LogP contribution in [-0.4, -0.2) is 13.0 Å². The first-order chi connectivity index (χ1) is 9.10. The molecule has 2 rings (SSSR count). The topological polar surface area (TPSA) is 38.3 Å². The number of nitrogens with one attached hydrogen (secondary N) is 1. The Morgan fingerprint density at radius 1 is 1.16 bits per heavy atom. The summed E-state index contributed by atoms with van der Waals surface area (Å²) in [7, 11) is 1.55. The third kappa shape index (κ3) is 3.40. The molecule has 0 spiro atoms. The lowest BCUT2D eigenvalue weighted by Crippen LogP contribution is -2.12. The van der Waals surface area contributed by atoms with Gasteiger partial charge in [0.25, 0.3) is 5.91 Å². The van der Waals surface area contributed by atoms with Gasteiger partial charge in [0.15, 0.2) is 0 Å². The average Bonchev–Trinajstić information content (AvgIpc) is 2.42. The fraction of sp³-hybridized carbons (Fsp3) is 0.0714. The zero-order chi connectivity index (χ0) is 13.8. The zero-order valence-corrected chi connectivity index (χ0v) is 11.6. The van der Waals surface area contributed by atoms with Crippen LogP contribution in [0.25, 0.3) is 0 Å². The van der Waals surface area contributed by atoms with Crippen molar-refractivity contribution in [2.24, 2.45) is 0 Å². The highest BCUT2D eigenvalue weighted by Gasteiger charge is 2.09. The Kier molecular flexibility index (Phi) is 4.30. The van der Waals surface area contributed by atoms with Gasteiger partial charge in [-0.1, -0.05) is 29.3 Å². The summed E-state index contributed by atoms with van der Waals surface area (Å²) in [6, 6.07) is 11.8. The van der Waals surface area contributed by atoms with Crippen molar-refractivity contribution in [2.45, 2.75) is 0 Å². The minimum Gasteiger partial charge on any atom is -0.497 e. The smallest absolute Gasteiger partial charge is 0.255 e. The first-order valence-electron chi connectivity index (χ1n) is 5.50. The number of benzene rings is 2. The highest BCUT2D eigenvalue weighted by atomic mass is 35.5. The highest BCUT2D eigenvalue weighted by molar-refractivity contribution is 6.36. The third-order valence-corrected chi connectivity index (χ3v) is 3.06. The van der Waals surface area contributed by atoms with Crippen LogP contribution in [0.1, 0.15) is 10.4 Å². The predicted octanol–water partition coefficient (Wildman–Crippen LogP) is 4.25. The van der Waals surface area contributed by atoms with Crippen molar-refractivity contribution in [1.82, 2.24) is 0 Å². The molecule has 0 bridgehead atoms. The summed E-state index contributed by atoms with van der Waals surface area (Å²) in [5, 5.41) is 3.63. The summed E-state index contributed by atoms with van der Waals surface area (Å²) in [5.41, 5.74) is 1.00. The van der Waals surface area contributed by atoms with Gasteiger partial charge in [-0.05, 0) is 36.4 Å². The Morgan fingerprint density at radius 3 is 2.63 bits per heavy atom. The molecule has 0 saturated carbocycles. The Morgan fingerprint density at radius 2 is 1.95 bits per heavy atom. The molecule has 0 aromatic heterocycles. The van der Waals surface area contributed by atoms with Gasteiger partial charge in [-0.2, -0.15) is 0 Å². The van der Waals surface area contributed by atoms with Gasteiger partial charge in [0.2, 0.25) is 0 Å². The average molecular weight is 296 g/mol. The van der Waals surface area contributed by atoms with E-state index in [1.165, 1.54) is 0 Å². The molecule has 0 fully saturated rings. The van der Waals surface area contributed by atoms with E-state index in [2.05, 4.69) is 5.32 Å². The lowest BCUT2D eigenvalue weighted by molar-refractivity contribution is 0.102. The molecule has 19 heavy (non-hydrogen) atoms. The molecule has 0 atom stereocenters. The fourth-order valence-corrected chi connectivity index (χ4v) is 2.01. The van der Waals surface area contributed by atoms with Crippen LogP contribution in [0.3, 0.4) is 0 Å². The molecule has 0 radical (unpaired) electrons. The standard InChI is InChI=1S/C14H11Cl2NO2/c1-19-11-4-2-3-9(7-11)14(18)17-13-6-5-10(15)8-12(13)16/h2-8H,1H3,(H,17,18). The number of amides is 1. The molecule has 0 heterocycles. The van der Waals surface area contributed by atoms with Gasteiger partial charge in [-0.15, -0.1) is 0 Å². The van der Waals surface area contributed by atoms with Gasteiger partial charge in [-0.3, -0.25) is 4.79 Å². The van der Waals surface area contributed by atoms with Crippen molar-refractivity contribution in [3.05, 3.63) is 58.1 Å². The van der Waals surface area contributed by atoms with Gasteiger partial charge in [0, 0.05) is 10.6 Å². The highest BCUT2D eigenvalue weighted by Crippen LogP contribution is 2.26. The van der Waals surface area contributed by atoms with E-state index >= 15 is 0 Å². The summed E-state index contributed by atoms with van der Waals surface area (Å²) in [5.74, 6) is 0.359. The fourth-order valence-electron chi connectivity index (χ4n) is 1.55. The van der Waals surface area contributed by atoms with Crippen LogP contribution in [0.5, 0.6) is 5.75 Å². The zero-order valence-electron chi connectivity index (χ0n) is 10.1. The van der Waals surface area contributed by atoms with Gasteiger partial charge in [0.05, 0.1) is 17.8 Å². The number of hydrogen-bond acceptors (Lipinski definition) is 2. The number of carbonyl (C=O) groups excluding carboxylic acids is 1. The normalized spacial score (nSPS) is 10.1. The van der Waals surface area contributed by atoms with Crippen LogP contribution < -0.4 is 10.1 Å². The maximum atomic E-state index is 12.1. The number of methoxy groups -OCH3 is 1. The maximum absolute atomic E-state index is 12.1. The molecular formula is C14H11Cl2NO2. The number of rotatable bonds is 3. The number of hydrogen-bond donors (Lipinski definition) is 1. The number of ether oxygens (including phenoxy) is 1. The maximum Gasteiger partial charge on any atom is 0.255 e. The number of halogens is 2. The van der Waals surface area contributed by atoms with E-state index in [0.717, 1.165) is 0 Å². The lowest BCUT2D eigenvalue weighted by atomic mass is 10.2. The molecule has 98 valence electrons. The molecule has 0 aliphatic rings. The largest absolute Gasteiger partial charge is 0.497 e. The van der Waals surface area contributed by atoms with Crippen molar-refractivity contribution < 1.29 is 9.53 Å².